The second-order valence-electron chi connectivity index (χ2n) is 7.01. The molecule has 0 bridgehead atoms. The maximum Gasteiger partial charge on any atom is 1.00 e. The molecule has 8 nitrogen and oxygen atoms in total. The SMILES string of the molecule is N#C/C(=C/c1ccc(F)cc1)c1ccncc1.N#CCc1ccncc1.O=CO[O-].O=Cc1ccc(F)cc1.[H-].[K+].[K+]. The number of pyridine rings is 2. The Bertz CT molecular complexity index is 1390. The van der Waals surface area contributed by atoms with Gasteiger partial charge in [-0.15, -0.1) is 0 Å². The van der Waals surface area contributed by atoms with Crippen molar-refractivity contribution in [2.24, 2.45) is 0 Å². The molecule has 2 heterocycles. The zero-order chi connectivity index (χ0) is 28.7. The van der Waals surface area contributed by atoms with Gasteiger partial charge in [0.1, 0.15) is 17.9 Å². The van der Waals surface area contributed by atoms with Gasteiger partial charge in [0.25, 0.3) is 6.47 Å². The first-order valence-corrected chi connectivity index (χ1v) is 10.9. The molecule has 0 aliphatic carbocycles. The normalized spacial score (nSPS) is 8.85. The molecule has 0 spiro atoms. The summed E-state index contributed by atoms with van der Waals surface area (Å²) in [6, 6.07) is 22.8. The number of hydrogen-bond donors (Lipinski definition) is 0. The summed E-state index contributed by atoms with van der Waals surface area (Å²) >= 11 is 0. The molecular weight excluding hydrogens is 585 g/mol. The summed E-state index contributed by atoms with van der Waals surface area (Å²) in [6.07, 6.45) is 9.51. The van der Waals surface area contributed by atoms with Crippen LogP contribution in [0.3, 0.4) is 0 Å². The number of allylic oxidation sites excluding steroid dienone is 1. The molecule has 0 saturated heterocycles. The Morgan fingerprint density at radius 1 is 0.805 bits per heavy atom. The molecule has 0 amide bonds. The van der Waals surface area contributed by atoms with Gasteiger partial charge in [0.2, 0.25) is 0 Å². The molecule has 0 aliphatic heterocycles. The fourth-order valence-electron chi connectivity index (χ4n) is 2.57. The molecule has 2 aromatic heterocycles. The quantitative estimate of drug-likeness (QED) is 0.0891. The molecule has 12 heteroatoms. The van der Waals surface area contributed by atoms with Gasteiger partial charge in [-0.05, 0) is 83.4 Å². The number of carbonyl (C=O) groups is 2. The van der Waals surface area contributed by atoms with Gasteiger partial charge in [-0.3, -0.25) is 19.6 Å². The van der Waals surface area contributed by atoms with Crippen molar-refractivity contribution in [1.82, 2.24) is 9.97 Å². The molecule has 0 fully saturated rings. The first kappa shape index (κ1) is 40.8. The average molecular weight is 607 g/mol. The van der Waals surface area contributed by atoms with Crippen LogP contribution < -0.4 is 108 Å². The summed E-state index contributed by atoms with van der Waals surface area (Å²) in [6.45, 7) is -0.181. The van der Waals surface area contributed by atoms with Crippen molar-refractivity contribution >= 4 is 24.4 Å². The van der Waals surface area contributed by atoms with Crippen LogP contribution >= 0.6 is 0 Å². The van der Waals surface area contributed by atoms with Gasteiger partial charge in [0.15, 0.2) is 0 Å². The molecule has 4 aromatic rings. The van der Waals surface area contributed by atoms with Crippen LogP contribution in [0.5, 0.6) is 0 Å². The number of benzene rings is 2. The number of aromatic nitrogens is 2. The van der Waals surface area contributed by atoms with E-state index in [1.165, 1.54) is 36.4 Å². The molecule has 2 aromatic carbocycles. The summed E-state index contributed by atoms with van der Waals surface area (Å²) < 4.78 is 24.8. The van der Waals surface area contributed by atoms with Gasteiger partial charge < -0.3 is 11.6 Å². The van der Waals surface area contributed by atoms with E-state index >= 15 is 0 Å². The monoisotopic (exact) mass is 606 g/mol. The number of nitriles is 2. The summed E-state index contributed by atoms with van der Waals surface area (Å²) in [4.78, 5) is 29.0. The van der Waals surface area contributed by atoms with Gasteiger partial charge in [-0.1, -0.05) is 12.1 Å². The summed E-state index contributed by atoms with van der Waals surface area (Å²) in [5.41, 5.74) is 3.63. The second-order valence-corrected chi connectivity index (χ2v) is 7.01. The predicted molar refractivity (Wildman–Crippen MR) is 138 cm³/mol. The Labute approximate surface area is 323 Å². The van der Waals surface area contributed by atoms with E-state index in [0.717, 1.165) is 16.7 Å². The number of nitrogens with zero attached hydrogens (tertiary/aromatic N) is 4. The second kappa shape index (κ2) is 26.6. The van der Waals surface area contributed by atoms with Crippen molar-refractivity contribution in [3.63, 3.8) is 0 Å². The topological polar surface area (TPSA) is 140 Å². The minimum atomic E-state index is -0.319. The van der Waals surface area contributed by atoms with Crippen LogP contribution in [0.15, 0.2) is 97.6 Å². The molecule has 0 atom stereocenters. The van der Waals surface area contributed by atoms with Crippen molar-refractivity contribution in [1.29, 1.82) is 10.5 Å². The van der Waals surface area contributed by atoms with E-state index in [2.05, 4.69) is 27.0 Å². The largest absolute Gasteiger partial charge is 1.00 e. The van der Waals surface area contributed by atoms with Crippen LogP contribution in [0.1, 0.15) is 28.5 Å². The minimum Gasteiger partial charge on any atom is -1.00 e. The van der Waals surface area contributed by atoms with Gasteiger partial charge in [0.05, 0.1) is 24.1 Å². The third kappa shape index (κ3) is 19.4. The molecule has 0 N–H and O–H groups in total. The maximum absolute atomic E-state index is 12.7. The maximum atomic E-state index is 12.7. The van der Waals surface area contributed by atoms with Crippen LogP contribution in [0, 0.1) is 34.3 Å². The first-order chi connectivity index (χ1) is 19.0. The van der Waals surface area contributed by atoms with Crippen molar-refractivity contribution in [2.45, 2.75) is 6.42 Å². The number of aldehydes is 1. The van der Waals surface area contributed by atoms with E-state index in [9.17, 15) is 13.6 Å². The molecule has 198 valence electrons. The number of hydrogen-bond acceptors (Lipinski definition) is 8. The molecular formula is C29H22F2K2N4O4. The predicted octanol–water partition coefficient (Wildman–Crippen LogP) is -1.37. The molecule has 41 heavy (non-hydrogen) atoms. The molecule has 0 unspecified atom stereocenters. The van der Waals surface area contributed by atoms with E-state index in [1.54, 1.807) is 55.1 Å². The standard InChI is InChI=1S/C14H9FN2.C7H5FO.C7H6N2.CH2O3.2K.H/c15-14-3-1-11(2-4-14)9-13(10-16)12-5-7-17-8-6-12;8-7-3-1-6(5-9)2-4-7;8-4-1-7-2-5-9-6-3-7;2-1-4-3;;;/h1-9H;1-5H;2-3,5-6H,1H2;1,3H;;;/q;;;;2*+1;-1/p-1/b13-9-;;;;;;. The van der Waals surface area contributed by atoms with Crippen LogP contribution in [0.2, 0.25) is 0 Å². The summed E-state index contributed by atoms with van der Waals surface area (Å²) in [5.74, 6) is -0.606. The van der Waals surface area contributed by atoms with Crippen molar-refractivity contribution < 1.29 is 133 Å². The van der Waals surface area contributed by atoms with Crippen LogP contribution in [0.25, 0.3) is 11.6 Å². The Morgan fingerprint density at radius 2 is 1.24 bits per heavy atom. The fraction of sp³-hybridized carbons (Fsp3) is 0.0345. The smallest absolute Gasteiger partial charge is 1.00 e. The fourth-order valence-corrected chi connectivity index (χ4v) is 2.57. The van der Waals surface area contributed by atoms with Gasteiger partial charge in [-0.2, -0.15) is 10.5 Å². The van der Waals surface area contributed by atoms with Crippen LogP contribution in [-0.4, -0.2) is 22.7 Å². The molecule has 4 rings (SSSR count). The van der Waals surface area contributed by atoms with E-state index in [1.807, 2.05) is 12.1 Å². The summed E-state index contributed by atoms with van der Waals surface area (Å²) in [5, 5.41) is 25.8. The van der Waals surface area contributed by atoms with Crippen molar-refractivity contribution in [3.8, 4) is 12.1 Å². The van der Waals surface area contributed by atoms with Gasteiger partial charge in [-0.25, -0.2) is 8.78 Å². The molecule has 0 saturated carbocycles. The van der Waals surface area contributed by atoms with Crippen molar-refractivity contribution in [2.75, 3.05) is 0 Å². The summed E-state index contributed by atoms with van der Waals surface area (Å²) in [7, 11) is 0. The number of carbonyl (C=O) groups excluding carboxylic acids is 2. The Hall–Kier alpha value is -2.31. The van der Waals surface area contributed by atoms with Crippen LogP contribution in [-0.2, 0) is 16.1 Å². The number of rotatable bonds is 5. The zero-order valence-corrected chi connectivity index (χ0v) is 28.6. The zero-order valence-electron chi connectivity index (χ0n) is 23.4. The van der Waals surface area contributed by atoms with E-state index in [-0.39, 0.29) is 122 Å². The molecule has 0 aliphatic rings. The first-order valence-electron chi connectivity index (χ1n) is 10.9. The average Bonchev–Trinajstić information content (AvgIpc) is 2.99. The Morgan fingerprint density at radius 3 is 1.63 bits per heavy atom. The van der Waals surface area contributed by atoms with E-state index in [0.29, 0.717) is 23.8 Å². The Kier molecular flexibility index (Phi) is 26.5. The van der Waals surface area contributed by atoms with Crippen LogP contribution in [0.4, 0.5) is 8.78 Å². The third-order valence-electron chi connectivity index (χ3n) is 4.37. The van der Waals surface area contributed by atoms with E-state index in [4.69, 9.17) is 20.6 Å². The molecule has 0 radical (unpaired) electrons. The third-order valence-corrected chi connectivity index (χ3v) is 4.37. The number of halogens is 2. The van der Waals surface area contributed by atoms with E-state index < -0.39 is 0 Å². The van der Waals surface area contributed by atoms with Gasteiger partial charge >= 0.3 is 103 Å². The minimum absolute atomic E-state index is 0. The Balaban J connectivity index is -0.000000524. The van der Waals surface area contributed by atoms with Gasteiger partial charge in [0, 0.05) is 30.4 Å². The van der Waals surface area contributed by atoms with Crippen molar-refractivity contribution in [3.05, 3.63) is 131 Å².